The van der Waals surface area contributed by atoms with Crippen LogP contribution in [0.3, 0.4) is 0 Å². The van der Waals surface area contributed by atoms with Crippen LogP contribution in [0.4, 0.5) is 8.78 Å². The van der Waals surface area contributed by atoms with Gasteiger partial charge in [0.15, 0.2) is 0 Å². The molecule has 0 aliphatic heterocycles. The van der Waals surface area contributed by atoms with Crippen LogP contribution in [-0.4, -0.2) is 18.2 Å². The minimum atomic E-state index is -4.27. The van der Waals surface area contributed by atoms with E-state index < -0.39 is 26.9 Å². The lowest BCUT2D eigenvalue weighted by molar-refractivity contribution is 0.151. The van der Waals surface area contributed by atoms with Crippen LogP contribution < -0.4 is 5.14 Å². The van der Waals surface area contributed by atoms with E-state index >= 15 is 0 Å². The first-order chi connectivity index (χ1) is 11.8. The molecular formula is C16H12ClF2N3O2S. The fourth-order valence-electron chi connectivity index (χ4n) is 2.47. The number of aromatic nitrogens is 2. The summed E-state index contributed by atoms with van der Waals surface area (Å²) in [5, 5.41) is 9.60. The summed E-state index contributed by atoms with van der Waals surface area (Å²) in [5.74, 6) is 0. The first-order valence-electron chi connectivity index (χ1n) is 7.02. The van der Waals surface area contributed by atoms with Crippen molar-refractivity contribution in [1.82, 2.24) is 9.78 Å². The van der Waals surface area contributed by atoms with E-state index in [0.717, 1.165) is 4.68 Å². The predicted molar refractivity (Wildman–Crippen MR) is 90.3 cm³/mol. The number of halogens is 3. The van der Waals surface area contributed by atoms with Crippen molar-refractivity contribution in [2.75, 3.05) is 0 Å². The lowest BCUT2D eigenvalue weighted by Gasteiger charge is -2.16. The van der Waals surface area contributed by atoms with Crippen molar-refractivity contribution >= 4 is 21.6 Å². The number of alkyl halides is 2. The average Bonchev–Trinajstić information content (AvgIpc) is 3.07. The van der Waals surface area contributed by atoms with Crippen LogP contribution in [-0.2, 0) is 10.0 Å². The lowest BCUT2D eigenvalue weighted by Crippen LogP contribution is -2.17. The van der Waals surface area contributed by atoms with E-state index in [9.17, 15) is 17.2 Å². The molecule has 2 N–H and O–H groups in total. The highest BCUT2D eigenvalue weighted by Crippen LogP contribution is 2.35. The van der Waals surface area contributed by atoms with Crippen LogP contribution in [0.25, 0.3) is 16.8 Å². The van der Waals surface area contributed by atoms with Crippen molar-refractivity contribution in [1.29, 1.82) is 0 Å². The Morgan fingerprint density at radius 1 is 1.12 bits per heavy atom. The summed E-state index contributed by atoms with van der Waals surface area (Å²) in [4.78, 5) is -0.432. The zero-order valence-corrected chi connectivity index (χ0v) is 14.2. The van der Waals surface area contributed by atoms with Gasteiger partial charge in [0.05, 0.1) is 5.69 Å². The van der Waals surface area contributed by atoms with Gasteiger partial charge in [-0.1, -0.05) is 23.7 Å². The maximum absolute atomic E-state index is 13.6. The molecule has 0 aliphatic carbocycles. The molecule has 0 saturated carbocycles. The van der Waals surface area contributed by atoms with Crippen LogP contribution in [0.2, 0.25) is 5.02 Å². The molecule has 2 aromatic carbocycles. The molecule has 3 aromatic rings. The Hall–Kier alpha value is -2.29. The molecule has 130 valence electrons. The number of benzene rings is 2. The highest BCUT2D eigenvalue weighted by atomic mass is 35.5. The molecule has 0 fully saturated rings. The van der Waals surface area contributed by atoms with Crippen LogP contribution in [0.15, 0.2) is 59.8 Å². The molecule has 9 heteroatoms. The number of sulfonamides is 1. The topological polar surface area (TPSA) is 78.0 Å². The third-order valence-corrected chi connectivity index (χ3v) is 4.73. The van der Waals surface area contributed by atoms with Crippen LogP contribution in [0, 0.1) is 0 Å². The molecule has 0 amide bonds. The Bertz CT molecular complexity index is 1000. The summed E-state index contributed by atoms with van der Waals surface area (Å²) in [6.45, 7) is 0. The molecule has 0 saturated heterocycles. The molecule has 0 spiro atoms. The molecule has 1 heterocycles. The standard InChI is InChI=1S/C16H12ClF2N3O2S/c17-12-4-2-10(3-5-12)11-8-13(16(18)19)15(22-7-1-6-21-22)14(9-11)25(20,23)24/h1-9,16H,(H2,20,23,24). The minimum Gasteiger partial charge on any atom is -0.239 e. The van der Waals surface area contributed by atoms with Gasteiger partial charge in [0, 0.05) is 23.0 Å². The van der Waals surface area contributed by atoms with Gasteiger partial charge in [-0.25, -0.2) is 27.0 Å². The Morgan fingerprint density at radius 2 is 1.80 bits per heavy atom. The van der Waals surface area contributed by atoms with Crippen molar-refractivity contribution < 1.29 is 17.2 Å². The van der Waals surface area contributed by atoms with E-state index in [0.29, 0.717) is 10.6 Å². The number of rotatable bonds is 4. The lowest BCUT2D eigenvalue weighted by atomic mass is 10.0. The average molecular weight is 384 g/mol. The summed E-state index contributed by atoms with van der Waals surface area (Å²) < 4.78 is 52.4. The SMILES string of the molecule is NS(=O)(=O)c1cc(-c2ccc(Cl)cc2)cc(C(F)F)c1-n1cccn1. The van der Waals surface area contributed by atoms with Crippen molar-refractivity contribution in [3.05, 3.63) is 65.4 Å². The zero-order chi connectivity index (χ0) is 18.2. The number of nitrogens with zero attached hydrogens (tertiary/aromatic N) is 2. The van der Waals surface area contributed by atoms with Gasteiger partial charge in [0.2, 0.25) is 10.0 Å². The van der Waals surface area contributed by atoms with E-state index in [1.165, 1.54) is 30.6 Å². The second-order valence-corrected chi connectivity index (χ2v) is 7.18. The molecule has 0 radical (unpaired) electrons. The Morgan fingerprint density at radius 3 is 2.32 bits per heavy atom. The molecule has 0 atom stereocenters. The highest BCUT2D eigenvalue weighted by Gasteiger charge is 2.25. The van der Waals surface area contributed by atoms with E-state index in [1.54, 1.807) is 24.3 Å². The zero-order valence-electron chi connectivity index (χ0n) is 12.6. The molecule has 0 aliphatic rings. The van der Waals surface area contributed by atoms with Gasteiger partial charge in [0.25, 0.3) is 6.43 Å². The fraction of sp³-hybridized carbons (Fsp3) is 0.0625. The summed E-state index contributed by atoms with van der Waals surface area (Å²) >= 11 is 5.83. The molecule has 1 aromatic heterocycles. The third kappa shape index (κ3) is 3.55. The molecule has 3 rings (SSSR count). The van der Waals surface area contributed by atoms with E-state index in [4.69, 9.17) is 16.7 Å². The summed E-state index contributed by atoms with van der Waals surface area (Å²) in [6.07, 6.45) is -0.195. The van der Waals surface area contributed by atoms with Crippen molar-refractivity contribution in [2.45, 2.75) is 11.3 Å². The minimum absolute atomic E-state index is 0.264. The van der Waals surface area contributed by atoms with Gasteiger partial charge in [-0.2, -0.15) is 5.10 Å². The van der Waals surface area contributed by atoms with Gasteiger partial charge >= 0.3 is 0 Å². The maximum atomic E-state index is 13.6. The van der Waals surface area contributed by atoms with Gasteiger partial charge < -0.3 is 0 Å². The maximum Gasteiger partial charge on any atom is 0.265 e. The third-order valence-electron chi connectivity index (χ3n) is 3.56. The number of hydrogen-bond donors (Lipinski definition) is 1. The second-order valence-electron chi connectivity index (χ2n) is 5.22. The van der Waals surface area contributed by atoms with Crippen LogP contribution >= 0.6 is 11.6 Å². The fourth-order valence-corrected chi connectivity index (χ4v) is 3.37. The smallest absolute Gasteiger partial charge is 0.239 e. The van der Waals surface area contributed by atoms with Gasteiger partial charge in [-0.3, -0.25) is 0 Å². The number of hydrogen-bond acceptors (Lipinski definition) is 3. The molecule has 0 bridgehead atoms. The number of nitrogens with two attached hydrogens (primary N) is 1. The largest absolute Gasteiger partial charge is 0.265 e. The number of primary sulfonamides is 1. The van der Waals surface area contributed by atoms with Crippen molar-refractivity contribution in [2.24, 2.45) is 5.14 Å². The predicted octanol–water partition coefficient (Wildman–Crippen LogP) is 3.78. The van der Waals surface area contributed by atoms with Gasteiger partial charge in [-0.15, -0.1) is 0 Å². The summed E-state index contributed by atoms with van der Waals surface area (Å²) in [7, 11) is -4.27. The molecule has 25 heavy (non-hydrogen) atoms. The first-order valence-corrected chi connectivity index (χ1v) is 8.94. The van der Waals surface area contributed by atoms with Crippen molar-refractivity contribution in [3.8, 4) is 16.8 Å². The van der Waals surface area contributed by atoms with E-state index in [2.05, 4.69) is 5.10 Å². The Balaban J connectivity index is 2.35. The van der Waals surface area contributed by atoms with Gasteiger partial charge in [0.1, 0.15) is 4.90 Å². The quantitative estimate of drug-likeness (QED) is 0.744. The second kappa shape index (κ2) is 6.55. The van der Waals surface area contributed by atoms with Crippen LogP contribution in [0.5, 0.6) is 0 Å². The molecular weight excluding hydrogens is 372 g/mol. The first kappa shape index (κ1) is 17.5. The normalized spacial score (nSPS) is 11.9. The molecule has 0 unspecified atom stereocenters. The van der Waals surface area contributed by atoms with Crippen molar-refractivity contribution in [3.63, 3.8) is 0 Å². The van der Waals surface area contributed by atoms with Gasteiger partial charge in [-0.05, 0) is 41.5 Å². The summed E-state index contributed by atoms with van der Waals surface area (Å²) in [6, 6.07) is 10.3. The monoisotopic (exact) mass is 383 g/mol. The Kier molecular flexibility index (Phi) is 4.59. The van der Waals surface area contributed by atoms with Crippen LogP contribution in [0.1, 0.15) is 12.0 Å². The Labute approximate surface area is 147 Å². The van der Waals surface area contributed by atoms with E-state index in [1.807, 2.05) is 0 Å². The highest BCUT2D eigenvalue weighted by molar-refractivity contribution is 7.89. The molecule has 5 nitrogen and oxygen atoms in total. The van der Waals surface area contributed by atoms with E-state index in [-0.39, 0.29) is 11.3 Å². The summed E-state index contributed by atoms with van der Waals surface area (Å²) in [5.41, 5.74) is 0.0653.